The average Bonchev–Trinajstić information content (AvgIpc) is 2.85. The molecule has 0 aromatic heterocycles. The van der Waals surface area contributed by atoms with Crippen LogP contribution in [0.5, 0.6) is 11.5 Å². The lowest BCUT2D eigenvalue weighted by molar-refractivity contribution is -0.127. The molecule has 1 aliphatic heterocycles. The van der Waals surface area contributed by atoms with Gasteiger partial charge in [0.05, 0.1) is 23.7 Å². The molecule has 1 atom stereocenters. The maximum atomic E-state index is 13.8. The van der Waals surface area contributed by atoms with Gasteiger partial charge in [0.25, 0.3) is 15.9 Å². The van der Waals surface area contributed by atoms with Gasteiger partial charge in [-0.15, -0.1) is 0 Å². The Morgan fingerprint density at radius 3 is 2.43 bits per heavy atom. The summed E-state index contributed by atoms with van der Waals surface area (Å²) in [4.78, 5) is 13.2. The van der Waals surface area contributed by atoms with Crippen molar-refractivity contribution in [1.82, 2.24) is 5.32 Å². The Morgan fingerprint density at radius 2 is 1.76 bits per heavy atom. The fraction of sp³-hybridized carbons (Fsp3) is 0.345. The molecule has 1 aliphatic rings. The summed E-state index contributed by atoms with van der Waals surface area (Å²) in [7, 11) is -3.94. The van der Waals surface area contributed by atoms with E-state index in [2.05, 4.69) is 26.1 Å². The highest BCUT2D eigenvalue weighted by Crippen LogP contribution is 2.40. The van der Waals surface area contributed by atoms with Gasteiger partial charge in [0.15, 0.2) is 6.10 Å². The van der Waals surface area contributed by atoms with Crippen molar-refractivity contribution in [2.75, 3.05) is 24.0 Å². The van der Waals surface area contributed by atoms with Crippen molar-refractivity contribution in [3.05, 3.63) is 83.4 Å². The van der Waals surface area contributed by atoms with E-state index in [0.29, 0.717) is 11.4 Å². The zero-order valence-electron chi connectivity index (χ0n) is 21.9. The van der Waals surface area contributed by atoms with Crippen LogP contribution in [0.15, 0.2) is 71.6 Å². The van der Waals surface area contributed by atoms with Gasteiger partial charge in [0.1, 0.15) is 18.1 Å². The van der Waals surface area contributed by atoms with Crippen LogP contribution < -0.4 is 19.1 Å². The van der Waals surface area contributed by atoms with E-state index in [-0.39, 0.29) is 30.0 Å². The molecule has 0 unspecified atom stereocenters. The van der Waals surface area contributed by atoms with E-state index < -0.39 is 22.0 Å². The SMILES string of the molecule is Cc1ccc(S(=O)(=O)N2C[C@H](C(=O)NCCOc3cccc(C)c3)Oc3ccc(C(C)(C)C)cc32)cc1. The van der Waals surface area contributed by atoms with Crippen LogP contribution in [-0.2, 0) is 20.2 Å². The van der Waals surface area contributed by atoms with Gasteiger partial charge in [-0.2, -0.15) is 0 Å². The topological polar surface area (TPSA) is 84.9 Å². The summed E-state index contributed by atoms with van der Waals surface area (Å²) in [5.74, 6) is 0.677. The third-order valence-electron chi connectivity index (χ3n) is 6.26. The van der Waals surface area contributed by atoms with Crippen LogP contribution in [0.4, 0.5) is 5.69 Å². The van der Waals surface area contributed by atoms with Crippen molar-refractivity contribution in [3.63, 3.8) is 0 Å². The first kappa shape index (κ1) is 26.5. The lowest BCUT2D eigenvalue weighted by Gasteiger charge is -2.36. The summed E-state index contributed by atoms with van der Waals surface area (Å²) >= 11 is 0. The number of anilines is 1. The first-order valence-electron chi connectivity index (χ1n) is 12.3. The molecule has 37 heavy (non-hydrogen) atoms. The first-order valence-corrected chi connectivity index (χ1v) is 13.8. The highest BCUT2D eigenvalue weighted by Gasteiger charge is 2.38. The molecule has 0 aliphatic carbocycles. The Balaban J connectivity index is 1.56. The van der Waals surface area contributed by atoms with E-state index in [4.69, 9.17) is 9.47 Å². The summed E-state index contributed by atoms with van der Waals surface area (Å²) in [5.41, 5.74) is 3.25. The molecule has 0 bridgehead atoms. The molecule has 1 amide bonds. The van der Waals surface area contributed by atoms with Crippen LogP contribution in [0.2, 0.25) is 0 Å². The Labute approximate surface area is 219 Å². The monoisotopic (exact) mass is 522 g/mol. The molecule has 1 N–H and O–H groups in total. The number of ether oxygens (including phenoxy) is 2. The Hall–Kier alpha value is -3.52. The molecule has 0 fully saturated rings. The summed E-state index contributed by atoms with van der Waals surface area (Å²) in [5, 5.41) is 2.81. The van der Waals surface area contributed by atoms with Gasteiger partial charge in [-0.05, 0) is 66.8 Å². The minimum Gasteiger partial charge on any atom is -0.492 e. The minimum atomic E-state index is -3.94. The van der Waals surface area contributed by atoms with Crippen LogP contribution >= 0.6 is 0 Å². The van der Waals surface area contributed by atoms with Crippen LogP contribution in [0.25, 0.3) is 0 Å². The number of hydrogen-bond acceptors (Lipinski definition) is 5. The number of aryl methyl sites for hydroxylation is 2. The molecule has 3 aromatic rings. The van der Waals surface area contributed by atoms with Crippen LogP contribution in [-0.4, -0.2) is 40.1 Å². The molecule has 8 heteroatoms. The minimum absolute atomic E-state index is 0.138. The second-order valence-corrected chi connectivity index (χ2v) is 12.2. The second kappa shape index (κ2) is 10.5. The smallest absolute Gasteiger partial charge is 0.264 e. The number of rotatable bonds is 7. The number of fused-ring (bicyclic) bond motifs is 1. The number of amides is 1. The van der Waals surface area contributed by atoms with E-state index in [9.17, 15) is 13.2 Å². The van der Waals surface area contributed by atoms with Gasteiger partial charge in [-0.1, -0.05) is 56.7 Å². The standard InChI is InChI=1S/C29H34N2O5S/c1-20-9-12-24(13-10-20)37(33,34)31-19-27(36-26-14-11-22(18-25(26)31)29(3,4)5)28(32)30-15-16-35-23-8-6-7-21(2)17-23/h6-14,17-18,27H,15-16,19H2,1-5H3,(H,30,32)/t27-/m1/s1. The van der Waals surface area contributed by atoms with Crippen LogP contribution in [0.3, 0.4) is 0 Å². The average molecular weight is 523 g/mol. The van der Waals surface area contributed by atoms with E-state index >= 15 is 0 Å². The second-order valence-electron chi connectivity index (χ2n) is 10.3. The van der Waals surface area contributed by atoms with E-state index in [1.807, 2.05) is 50.2 Å². The summed E-state index contributed by atoms with van der Waals surface area (Å²) in [6.45, 7) is 10.5. The van der Waals surface area contributed by atoms with E-state index in [1.54, 1.807) is 30.3 Å². The number of nitrogens with zero attached hydrogens (tertiary/aromatic N) is 1. The number of nitrogens with one attached hydrogen (secondary N) is 1. The molecule has 0 radical (unpaired) electrons. The van der Waals surface area contributed by atoms with Gasteiger partial charge in [0.2, 0.25) is 0 Å². The normalized spacial score (nSPS) is 15.5. The maximum Gasteiger partial charge on any atom is 0.264 e. The van der Waals surface area contributed by atoms with Gasteiger partial charge in [-0.3, -0.25) is 9.10 Å². The highest BCUT2D eigenvalue weighted by atomic mass is 32.2. The summed E-state index contributed by atoms with van der Waals surface area (Å²) in [6, 6.07) is 19.9. The number of hydrogen-bond donors (Lipinski definition) is 1. The predicted octanol–water partition coefficient (Wildman–Crippen LogP) is 4.75. The van der Waals surface area contributed by atoms with E-state index in [0.717, 1.165) is 22.4 Å². The molecule has 196 valence electrons. The summed E-state index contributed by atoms with van der Waals surface area (Å²) < 4.78 is 40.5. The van der Waals surface area contributed by atoms with Crippen molar-refractivity contribution in [2.24, 2.45) is 0 Å². The molecule has 4 rings (SSSR count). The van der Waals surface area contributed by atoms with Crippen molar-refractivity contribution in [3.8, 4) is 11.5 Å². The lowest BCUT2D eigenvalue weighted by Crippen LogP contribution is -2.51. The molecule has 0 spiro atoms. The molecule has 0 saturated heterocycles. The van der Waals surface area contributed by atoms with Crippen molar-refractivity contribution in [1.29, 1.82) is 0 Å². The molecule has 7 nitrogen and oxygen atoms in total. The maximum absolute atomic E-state index is 13.8. The van der Waals surface area contributed by atoms with Gasteiger partial charge >= 0.3 is 0 Å². The Kier molecular flexibility index (Phi) is 7.50. The fourth-order valence-corrected chi connectivity index (χ4v) is 5.55. The Morgan fingerprint density at radius 1 is 1.03 bits per heavy atom. The molecule has 1 heterocycles. The van der Waals surface area contributed by atoms with E-state index in [1.165, 1.54) is 4.31 Å². The number of carbonyl (C=O) groups excluding carboxylic acids is 1. The third kappa shape index (κ3) is 6.07. The molecular weight excluding hydrogens is 488 g/mol. The molecule has 3 aromatic carbocycles. The fourth-order valence-electron chi connectivity index (χ4n) is 4.08. The predicted molar refractivity (Wildman–Crippen MR) is 145 cm³/mol. The summed E-state index contributed by atoms with van der Waals surface area (Å²) in [6.07, 6.45) is -1.01. The lowest BCUT2D eigenvalue weighted by atomic mass is 9.86. The van der Waals surface area contributed by atoms with Crippen LogP contribution in [0, 0.1) is 13.8 Å². The number of benzene rings is 3. The Bertz CT molecular complexity index is 1380. The number of carbonyl (C=O) groups is 1. The van der Waals surface area contributed by atoms with Gasteiger partial charge in [0, 0.05) is 0 Å². The van der Waals surface area contributed by atoms with Crippen molar-refractivity contribution >= 4 is 21.6 Å². The molecular formula is C29H34N2O5S. The quantitative estimate of drug-likeness (QED) is 0.453. The van der Waals surface area contributed by atoms with Crippen molar-refractivity contribution in [2.45, 2.75) is 51.0 Å². The zero-order valence-corrected chi connectivity index (χ0v) is 22.8. The number of sulfonamides is 1. The van der Waals surface area contributed by atoms with Crippen molar-refractivity contribution < 1.29 is 22.7 Å². The van der Waals surface area contributed by atoms with Gasteiger partial charge < -0.3 is 14.8 Å². The van der Waals surface area contributed by atoms with Crippen LogP contribution in [0.1, 0.15) is 37.5 Å². The first-order chi connectivity index (χ1) is 17.4. The largest absolute Gasteiger partial charge is 0.492 e. The third-order valence-corrected chi connectivity index (χ3v) is 8.05. The van der Waals surface area contributed by atoms with Gasteiger partial charge in [-0.25, -0.2) is 8.42 Å². The highest BCUT2D eigenvalue weighted by molar-refractivity contribution is 7.92. The molecule has 0 saturated carbocycles. The zero-order chi connectivity index (χ0) is 26.8.